The molecule has 1 heterocycles. The number of ether oxygens (including phenoxy) is 2. The molecule has 0 atom stereocenters. The van der Waals surface area contributed by atoms with Crippen molar-refractivity contribution in [2.45, 2.75) is 27.0 Å². The van der Waals surface area contributed by atoms with Gasteiger partial charge in [-0.25, -0.2) is 0 Å². The van der Waals surface area contributed by atoms with E-state index >= 15 is 0 Å². The predicted molar refractivity (Wildman–Crippen MR) is 126 cm³/mol. The van der Waals surface area contributed by atoms with Gasteiger partial charge < -0.3 is 19.3 Å². The third-order valence-corrected chi connectivity index (χ3v) is 6.31. The Morgan fingerprint density at radius 2 is 1.61 bits per heavy atom. The topological polar surface area (TPSA) is 26.1 Å². The van der Waals surface area contributed by atoms with Gasteiger partial charge in [-0.2, -0.15) is 0 Å². The zero-order valence-electron chi connectivity index (χ0n) is 18.9. The molecule has 0 bridgehead atoms. The van der Waals surface area contributed by atoms with Crippen LogP contribution in [0.2, 0.25) is 0 Å². The lowest BCUT2D eigenvalue weighted by atomic mass is 10.1. The Kier molecular flexibility index (Phi) is 6.78. The fraction of sp³-hybridized carbons (Fsp3) is 0.333. The van der Waals surface area contributed by atoms with E-state index in [0.29, 0.717) is 6.61 Å². The number of nitrogens with one attached hydrogen (secondary N) is 1. The first-order valence-corrected chi connectivity index (χ1v) is 11.1. The Labute approximate surface area is 186 Å². The van der Waals surface area contributed by atoms with Gasteiger partial charge in [0.1, 0.15) is 13.2 Å². The highest BCUT2D eigenvalue weighted by atomic mass is 16.5. The molecule has 0 amide bonds. The van der Waals surface area contributed by atoms with Crippen molar-refractivity contribution >= 4 is 5.69 Å². The summed E-state index contributed by atoms with van der Waals surface area (Å²) in [5.74, 6) is 1.60. The van der Waals surface area contributed by atoms with Crippen LogP contribution < -0.4 is 19.3 Å². The fourth-order valence-corrected chi connectivity index (χ4v) is 4.28. The summed E-state index contributed by atoms with van der Waals surface area (Å²) in [6, 6.07) is 23.2. The Bertz CT molecular complexity index is 995. The zero-order valence-corrected chi connectivity index (χ0v) is 18.9. The molecule has 1 saturated heterocycles. The van der Waals surface area contributed by atoms with Gasteiger partial charge in [0.25, 0.3) is 0 Å². The number of nitrogens with zero attached hydrogens (tertiary/aromatic N) is 1. The quantitative estimate of drug-likeness (QED) is 0.633. The maximum absolute atomic E-state index is 6.00. The third-order valence-electron chi connectivity index (χ3n) is 6.31. The minimum absolute atomic E-state index is 0.544. The highest BCUT2D eigenvalue weighted by Crippen LogP contribution is 2.29. The predicted octanol–water partition coefficient (Wildman–Crippen LogP) is 3.80. The van der Waals surface area contributed by atoms with Crippen LogP contribution in [0.25, 0.3) is 0 Å². The molecular weight excluding hydrogens is 384 g/mol. The van der Waals surface area contributed by atoms with Crippen LogP contribution >= 0.6 is 0 Å². The van der Waals surface area contributed by atoms with Gasteiger partial charge in [0.05, 0.1) is 33.3 Å². The van der Waals surface area contributed by atoms with Crippen molar-refractivity contribution < 1.29 is 14.4 Å². The van der Waals surface area contributed by atoms with Crippen LogP contribution in [0.3, 0.4) is 0 Å². The summed E-state index contributed by atoms with van der Waals surface area (Å²) in [6.07, 6.45) is 0. The van der Waals surface area contributed by atoms with E-state index in [9.17, 15) is 0 Å². The maximum Gasteiger partial charge on any atom is 0.161 e. The molecule has 0 spiro atoms. The minimum Gasteiger partial charge on any atom is -0.493 e. The van der Waals surface area contributed by atoms with Crippen LogP contribution in [0.4, 0.5) is 5.69 Å². The van der Waals surface area contributed by atoms with Gasteiger partial charge in [0.15, 0.2) is 11.5 Å². The fourth-order valence-electron chi connectivity index (χ4n) is 4.28. The molecule has 4 nitrogen and oxygen atoms in total. The van der Waals surface area contributed by atoms with E-state index < -0.39 is 0 Å². The van der Waals surface area contributed by atoms with Crippen molar-refractivity contribution in [3.63, 3.8) is 0 Å². The Morgan fingerprint density at radius 3 is 2.35 bits per heavy atom. The van der Waals surface area contributed by atoms with Gasteiger partial charge in [-0.3, -0.25) is 0 Å². The minimum atomic E-state index is 0.544. The monoisotopic (exact) mass is 417 g/mol. The lowest BCUT2D eigenvalue weighted by Crippen LogP contribution is -3.13. The molecule has 0 aromatic heterocycles. The summed E-state index contributed by atoms with van der Waals surface area (Å²) in [4.78, 5) is 4.15. The van der Waals surface area contributed by atoms with Crippen LogP contribution in [-0.4, -0.2) is 33.3 Å². The number of aryl methyl sites for hydroxylation is 1. The molecule has 0 aliphatic carbocycles. The molecule has 0 saturated carbocycles. The number of rotatable bonds is 7. The van der Waals surface area contributed by atoms with E-state index in [0.717, 1.165) is 49.8 Å². The lowest BCUT2D eigenvalue weighted by Gasteiger charge is -2.34. The Balaban J connectivity index is 1.35. The molecule has 3 aromatic rings. The number of quaternary nitrogens is 1. The summed E-state index contributed by atoms with van der Waals surface area (Å²) in [6.45, 7) is 10.4. The first-order chi connectivity index (χ1) is 15.1. The molecule has 0 unspecified atom stereocenters. The molecular formula is C27H33N2O2+. The van der Waals surface area contributed by atoms with Gasteiger partial charge >= 0.3 is 0 Å². The largest absolute Gasteiger partial charge is 0.493 e. The summed E-state index contributed by atoms with van der Waals surface area (Å²) >= 11 is 0. The molecule has 1 aliphatic rings. The van der Waals surface area contributed by atoms with E-state index in [1.807, 2.05) is 24.3 Å². The second kappa shape index (κ2) is 9.88. The van der Waals surface area contributed by atoms with E-state index in [4.69, 9.17) is 9.47 Å². The van der Waals surface area contributed by atoms with E-state index in [1.54, 1.807) is 12.0 Å². The lowest BCUT2D eigenvalue weighted by molar-refractivity contribution is -0.914. The number of benzene rings is 3. The standard InChI is InChI=1S/C27H32N2O2/c1-21-8-7-11-25(22(21)2)29-16-14-28(15-17-29)19-24-12-13-26(27(18-24)30-3)31-20-23-9-5-4-6-10-23/h4-13,18H,14-17,19-20H2,1-3H3/p+1. The van der Waals surface area contributed by atoms with Crippen molar-refractivity contribution in [3.8, 4) is 11.5 Å². The van der Waals surface area contributed by atoms with Gasteiger partial charge in [0, 0.05) is 11.3 Å². The second-order valence-electron chi connectivity index (χ2n) is 8.39. The van der Waals surface area contributed by atoms with E-state index in [-0.39, 0.29) is 0 Å². The first-order valence-electron chi connectivity index (χ1n) is 11.1. The molecule has 1 N–H and O–H groups in total. The average molecular weight is 418 g/mol. The Hall–Kier alpha value is -2.98. The maximum atomic E-state index is 6.00. The number of piperazine rings is 1. The SMILES string of the molecule is COc1cc(C[NH+]2CCN(c3cccc(C)c3C)CC2)ccc1OCc1ccccc1. The van der Waals surface area contributed by atoms with Crippen molar-refractivity contribution in [2.24, 2.45) is 0 Å². The number of anilines is 1. The molecule has 1 aliphatic heterocycles. The van der Waals surface area contributed by atoms with Gasteiger partial charge in [-0.15, -0.1) is 0 Å². The normalized spacial score (nSPS) is 14.5. The summed E-state index contributed by atoms with van der Waals surface area (Å²) in [5, 5.41) is 0. The highest BCUT2D eigenvalue weighted by molar-refractivity contribution is 5.56. The van der Waals surface area contributed by atoms with Crippen molar-refractivity contribution in [1.82, 2.24) is 0 Å². The van der Waals surface area contributed by atoms with Crippen LogP contribution in [0.5, 0.6) is 11.5 Å². The molecule has 31 heavy (non-hydrogen) atoms. The van der Waals surface area contributed by atoms with Crippen LogP contribution in [-0.2, 0) is 13.2 Å². The zero-order chi connectivity index (χ0) is 21.6. The van der Waals surface area contributed by atoms with E-state index in [2.05, 4.69) is 61.2 Å². The molecule has 4 rings (SSSR count). The Morgan fingerprint density at radius 1 is 0.839 bits per heavy atom. The number of hydrogen-bond acceptors (Lipinski definition) is 3. The smallest absolute Gasteiger partial charge is 0.161 e. The van der Waals surface area contributed by atoms with E-state index in [1.165, 1.54) is 22.4 Å². The van der Waals surface area contributed by atoms with Crippen molar-refractivity contribution in [1.29, 1.82) is 0 Å². The van der Waals surface area contributed by atoms with Crippen LogP contribution in [0.1, 0.15) is 22.3 Å². The number of hydrogen-bond donors (Lipinski definition) is 1. The average Bonchev–Trinajstić information content (AvgIpc) is 2.81. The number of methoxy groups -OCH3 is 1. The molecule has 0 radical (unpaired) electrons. The van der Waals surface area contributed by atoms with Crippen molar-refractivity contribution in [3.05, 3.63) is 89.0 Å². The van der Waals surface area contributed by atoms with Gasteiger partial charge in [0.2, 0.25) is 0 Å². The molecule has 4 heteroatoms. The van der Waals surface area contributed by atoms with Crippen molar-refractivity contribution in [2.75, 3.05) is 38.2 Å². The van der Waals surface area contributed by atoms with Crippen LogP contribution in [0, 0.1) is 13.8 Å². The summed E-state index contributed by atoms with van der Waals surface area (Å²) in [5.41, 5.74) is 6.61. The van der Waals surface area contributed by atoms with Gasteiger partial charge in [-0.05, 0) is 54.8 Å². The molecule has 1 fully saturated rings. The molecule has 3 aromatic carbocycles. The summed E-state index contributed by atoms with van der Waals surface area (Å²) in [7, 11) is 1.71. The van der Waals surface area contributed by atoms with Crippen LogP contribution in [0.15, 0.2) is 66.7 Å². The molecule has 162 valence electrons. The second-order valence-corrected chi connectivity index (χ2v) is 8.39. The highest BCUT2D eigenvalue weighted by Gasteiger charge is 2.22. The van der Waals surface area contributed by atoms with Gasteiger partial charge in [-0.1, -0.05) is 42.5 Å². The summed E-state index contributed by atoms with van der Waals surface area (Å²) < 4.78 is 11.6. The first kappa shape index (κ1) is 21.3. The third kappa shape index (κ3) is 5.20.